The highest BCUT2D eigenvalue weighted by Gasteiger charge is 2.28. The number of carbonyl (C=O) groups is 1. The lowest BCUT2D eigenvalue weighted by Crippen LogP contribution is -2.41. The number of amides is 1. The van der Waals surface area contributed by atoms with E-state index in [4.69, 9.17) is 5.73 Å². The molecule has 1 saturated carbocycles. The Balaban J connectivity index is 2.44. The molecule has 1 aliphatic rings. The van der Waals surface area contributed by atoms with Crippen molar-refractivity contribution in [2.24, 2.45) is 11.7 Å². The van der Waals surface area contributed by atoms with Crippen LogP contribution in [0, 0.1) is 5.92 Å². The molecule has 1 amide bonds. The molecule has 0 saturated heterocycles. The summed E-state index contributed by atoms with van der Waals surface area (Å²) in [5.41, 5.74) is 5.86. The molecule has 1 atom stereocenters. The van der Waals surface area contributed by atoms with Crippen LogP contribution in [0.3, 0.4) is 0 Å². The number of hydrogen-bond donors (Lipinski definition) is 1. The van der Waals surface area contributed by atoms with Crippen molar-refractivity contribution in [1.29, 1.82) is 0 Å². The molecule has 2 N–H and O–H groups in total. The maximum Gasteiger partial charge on any atom is 0.225 e. The van der Waals surface area contributed by atoms with Crippen molar-refractivity contribution in [2.75, 3.05) is 7.05 Å². The van der Waals surface area contributed by atoms with Gasteiger partial charge in [0, 0.05) is 25.0 Å². The van der Waals surface area contributed by atoms with Gasteiger partial charge in [0.15, 0.2) is 0 Å². The number of nitrogens with zero attached hydrogens (tertiary/aromatic N) is 1. The molecule has 0 aromatic heterocycles. The molecule has 1 fully saturated rings. The van der Waals surface area contributed by atoms with E-state index in [2.05, 4.69) is 13.8 Å². The lowest BCUT2D eigenvalue weighted by atomic mass is 9.85. The second-order valence-electron chi connectivity index (χ2n) is 5.20. The van der Waals surface area contributed by atoms with Crippen LogP contribution in [0.4, 0.5) is 0 Å². The van der Waals surface area contributed by atoms with Gasteiger partial charge < -0.3 is 10.6 Å². The van der Waals surface area contributed by atoms with Gasteiger partial charge in [-0.15, -0.1) is 0 Å². The minimum atomic E-state index is 0.226. The highest BCUT2D eigenvalue weighted by atomic mass is 16.2. The van der Waals surface area contributed by atoms with E-state index in [1.165, 1.54) is 0 Å². The number of carbonyl (C=O) groups excluding carboxylic acids is 1. The van der Waals surface area contributed by atoms with Gasteiger partial charge in [-0.25, -0.2) is 0 Å². The second-order valence-corrected chi connectivity index (χ2v) is 5.20. The van der Waals surface area contributed by atoms with Gasteiger partial charge in [-0.1, -0.05) is 13.3 Å². The molecule has 0 bridgehead atoms. The van der Waals surface area contributed by atoms with Gasteiger partial charge in [-0.05, 0) is 39.0 Å². The van der Waals surface area contributed by atoms with E-state index >= 15 is 0 Å². The Morgan fingerprint density at radius 3 is 2.44 bits per heavy atom. The summed E-state index contributed by atoms with van der Waals surface area (Å²) in [5.74, 6) is 0.553. The molecule has 0 aromatic rings. The number of rotatable bonds is 4. The molecular formula is C13H26N2O. The monoisotopic (exact) mass is 226 g/mol. The first-order valence-electron chi connectivity index (χ1n) is 6.58. The van der Waals surface area contributed by atoms with Gasteiger partial charge in [0.1, 0.15) is 0 Å². The van der Waals surface area contributed by atoms with Crippen LogP contribution >= 0.6 is 0 Å². The number of hydrogen-bond acceptors (Lipinski definition) is 2. The summed E-state index contributed by atoms with van der Waals surface area (Å²) in [4.78, 5) is 14.1. The zero-order valence-electron chi connectivity index (χ0n) is 10.9. The SMILES string of the molecule is CCCC(C)N(C)C(=O)C1CCC(N)CC1. The van der Waals surface area contributed by atoms with Gasteiger partial charge in [0.25, 0.3) is 0 Å². The van der Waals surface area contributed by atoms with Crippen LogP contribution in [-0.2, 0) is 4.79 Å². The Morgan fingerprint density at radius 1 is 1.38 bits per heavy atom. The van der Waals surface area contributed by atoms with Crippen molar-refractivity contribution >= 4 is 5.91 Å². The maximum atomic E-state index is 12.2. The van der Waals surface area contributed by atoms with E-state index in [0.717, 1.165) is 38.5 Å². The summed E-state index contributed by atoms with van der Waals surface area (Å²) < 4.78 is 0. The molecule has 94 valence electrons. The second kappa shape index (κ2) is 6.24. The highest BCUT2D eigenvalue weighted by molar-refractivity contribution is 5.78. The molecule has 3 nitrogen and oxygen atoms in total. The van der Waals surface area contributed by atoms with Crippen LogP contribution in [0.5, 0.6) is 0 Å². The van der Waals surface area contributed by atoms with Gasteiger partial charge in [-0.3, -0.25) is 4.79 Å². The van der Waals surface area contributed by atoms with Gasteiger partial charge in [0.05, 0.1) is 0 Å². The third-order valence-electron chi connectivity index (χ3n) is 3.84. The van der Waals surface area contributed by atoms with Crippen molar-refractivity contribution in [3.05, 3.63) is 0 Å². The third-order valence-corrected chi connectivity index (χ3v) is 3.84. The summed E-state index contributed by atoms with van der Waals surface area (Å²) >= 11 is 0. The van der Waals surface area contributed by atoms with Crippen molar-refractivity contribution in [3.8, 4) is 0 Å². The average molecular weight is 226 g/mol. The van der Waals surface area contributed by atoms with Gasteiger partial charge >= 0.3 is 0 Å². The molecule has 16 heavy (non-hydrogen) atoms. The first-order chi connectivity index (χ1) is 7.56. The maximum absolute atomic E-state index is 12.2. The van der Waals surface area contributed by atoms with E-state index in [0.29, 0.717) is 18.0 Å². The predicted octanol–water partition coefficient (Wildman–Crippen LogP) is 2.15. The van der Waals surface area contributed by atoms with Crippen molar-refractivity contribution in [3.63, 3.8) is 0 Å². The van der Waals surface area contributed by atoms with Crippen LogP contribution in [0.25, 0.3) is 0 Å². The summed E-state index contributed by atoms with van der Waals surface area (Å²) in [6, 6.07) is 0.690. The van der Waals surface area contributed by atoms with Crippen molar-refractivity contribution in [1.82, 2.24) is 4.90 Å². The van der Waals surface area contributed by atoms with Crippen LogP contribution in [0.15, 0.2) is 0 Å². The quantitative estimate of drug-likeness (QED) is 0.798. The van der Waals surface area contributed by atoms with Crippen LogP contribution in [0.1, 0.15) is 52.4 Å². The molecule has 1 rings (SSSR count). The largest absolute Gasteiger partial charge is 0.343 e. The van der Waals surface area contributed by atoms with E-state index in [9.17, 15) is 4.79 Å². The Hall–Kier alpha value is -0.570. The summed E-state index contributed by atoms with van der Waals surface area (Å²) in [7, 11) is 1.94. The van der Waals surface area contributed by atoms with E-state index in [1.807, 2.05) is 11.9 Å². The Labute approximate surface area is 99.4 Å². The molecule has 0 spiro atoms. The van der Waals surface area contributed by atoms with Crippen molar-refractivity contribution < 1.29 is 4.79 Å². The zero-order valence-corrected chi connectivity index (χ0v) is 10.9. The fourth-order valence-electron chi connectivity index (χ4n) is 2.48. The normalized spacial score (nSPS) is 27.5. The molecule has 0 aromatic carbocycles. The Morgan fingerprint density at radius 2 is 1.94 bits per heavy atom. The fraction of sp³-hybridized carbons (Fsp3) is 0.923. The summed E-state index contributed by atoms with van der Waals surface area (Å²) in [6.07, 6.45) is 6.19. The third kappa shape index (κ3) is 3.48. The Kier molecular flexibility index (Phi) is 5.26. The van der Waals surface area contributed by atoms with E-state index < -0.39 is 0 Å². The van der Waals surface area contributed by atoms with Crippen molar-refractivity contribution in [2.45, 2.75) is 64.5 Å². The van der Waals surface area contributed by atoms with E-state index in [-0.39, 0.29) is 5.92 Å². The minimum Gasteiger partial charge on any atom is -0.343 e. The lowest BCUT2D eigenvalue weighted by Gasteiger charge is -2.32. The molecule has 1 aliphatic carbocycles. The zero-order chi connectivity index (χ0) is 12.1. The lowest BCUT2D eigenvalue weighted by molar-refractivity contribution is -0.137. The summed E-state index contributed by atoms with van der Waals surface area (Å²) in [6.45, 7) is 4.30. The first-order valence-corrected chi connectivity index (χ1v) is 6.58. The minimum absolute atomic E-state index is 0.226. The van der Waals surface area contributed by atoms with Gasteiger partial charge in [-0.2, -0.15) is 0 Å². The molecule has 0 heterocycles. The van der Waals surface area contributed by atoms with Crippen LogP contribution in [-0.4, -0.2) is 29.9 Å². The summed E-state index contributed by atoms with van der Waals surface area (Å²) in [5, 5.41) is 0. The number of nitrogens with two attached hydrogens (primary N) is 1. The first kappa shape index (κ1) is 13.5. The Bertz CT molecular complexity index is 218. The molecule has 3 heteroatoms. The van der Waals surface area contributed by atoms with E-state index in [1.54, 1.807) is 0 Å². The standard InChI is InChI=1S/C13H26N2O/c1-4-5-10(2)15(3)13(16)11-6-8-12(14)9-7-11/h10-12H,4-9,14H2,1-3H3. The molecular weight excluding hydrogens is 200 g/mol. The molecule has 0 aliphatic heterocycles. The smallest absolute Gasteiger partial charge is 0.225 e. The molecule has 0 radical (unpaired) electrons. The highest BCUT2D eigenvalue weighted by Crippen LogP contribution is 2.25. The van der Waals surface area contributed by atoms with Gasteiger partial charge in [0.2, 0.25) is 5.91 Å². The molecule has 1 unspecified atom stereocenters. The average Bonchev–Trinajstić information content (AvgIpc) is 2.28. The topological polar surface area (TPSA) is 46.3 Å². The fourth-order valence-corrected chi connectivity index (χ4v) is 2.48. The predicted molar refractivity (Wildman–Crippen MR) is 67.1 cm³/mol. The van der Waals surface area contributed by atoms with Crippen LogP contribution < -0.4 is 5.73 Å². The van der Waals surface area contributed by atoms with Crippen LogP contribution in [0.2, 0.25) is 0 Å².